The second-order valence-corrected chi connectivity index (χ2v) is 10.2. The van der Waals surface area contributed by atoms with Gasteiger partial charge in [-0.15, -0.1) is 0 Å². The molecule has 0 unspecified atom stereocenters. The van der Waals surface area contributed by atoms with Crippen LogP contribution in [-0.4, -0.2) is 35.9 Å². The molecular weight excluding hydrogens is 535 g/mol. The molecule has 0 bridgehead atoms. The third-order valence-electron chi connectivity index (χ3n) is 6.01. The molecule has 7 heteroatoms. The quantitative estimate of drug-likeness (QED) is 0.294. The summed E-state index contributed by atoms with van der Waals surface area (Å²) in [6, 6.07) is 20.7. The maximum Gasteiger partial charge on any atom is 0.261 e. The van der Waals surface area contributed by atoms with Gasteiger partial charge in [-0.1, -0.05) is 75.4 Å². The van der Waals surface area contributed by atoms with Gasteiger partial charge < -0.3 is 15.0 Å². The molecule has 0 heterocycles. The smallest absolute Gasteiger partial charge is 0.261 e. The van der Waals surface area contributed by atoms with Crippen LogP contribution in [0.1, 0.15) is 37.5 Å². The highest BCUT2D eigenvalue weighted by Crippen LogP contribution is 2.26. The number of halogens is 2. The molecule has 0 aromatic heterocycles. The Kier molecular flexibility index (Phi) is 10.7. The van der Waals surface area contributed by atoms with Gasteiger partial charge in [-0.05, 0) is 57.6 Å². The van der Waals surface area contributed by atoms with Crippen molar-refractivity contribution in [1.82, 2.24) is 10.2 Å². The normalized spacial score (nSPS) is 11.7. The van der Waals surface area contributed by atoms with E-state index in [1.165, 1.54) is 11.0 Å². The minimum atomic E-state index is -0.845. The predicted molar refractivity (Wildman–Crippen MR) is 148 cm³/mol. The number of rotatable bonds is 12. The van der Waals surface area contributed by atoms with Crippen molar-refractivity contribution in [2.24, 2.45) is 5.92 Å². The summed E-state index contributed by atoms with van der Waals surface area (Å²) in [4.78, 5) is 28.5. The summed E-state index contributed by atoms with van der Waals surface area (Å²) in [5, 5.41) is 2.96. The van der Waals surface area contributed by atoms with Crippen LogP contribution in [0, 0.1) is 11.7 Å². The highest BCUT2D eigenvalue weighted by atomic mass is 79.9. The van der Waals surface area contributed by atoms with Crippen LogP contribution in [0.25, 0.3) is 0 Å². The van der Waals surface area contributed by atoms with Crippen LogP contribution in [0.2, 0.25) is 0 Å². The van der Waals surface area contributed by atoms with Crippen molar-refractivity contribution in [3.05, 3.63) is 99.8 Å². The Morgan fingerprint density at radius 3 is 2.35 bits per heavy atom. The van der Waals surface area contributed by atoms with E-state index in [1.54, 1.807) is 18.2 Å². The molecule has 0 fully saturated rings. The summed E-state index contributed by atoms with van der Waals surface area (Å²) >= 11 is 3.51. The fourth-order valence-corrected chi connectivity index (χ4v) is 4.43. The predicted octanol–water partition coefficient (Wildman–Crippen LogP) is 5.94. The SMILES string of the molecule is CCc1ccc(OCC(=O)N(Cc2ccccc2F)[C@@H](Cc2ccccc2)C(=O)NCC(C)C)c(Br)c1. The van der Waals surface area contributed by atoms with Crippen LogP contribution >= 0.6 is 15.9 Å². The highest BCUT2D eigenvalue weighted by Gasteiger charge is 2.31. The highest BCUT2D eigenvalue weighted by molar-refractivity contribution is 9.10. The van der Waals surface area contributed by atoms with Crippen LogP contribution in [0.15, 0.2) is 77.3 Å². The third-order valence-corrected chi connectivity index (χ3v) is 6.63. The summed E-state index contributed by atoms with van der Waals surface area (Å²) in [5.74, 6) is -0.352. The first-order valence-corrected chi connectivity index (χ1v) is 13.3. The monoisotopic (exact) mass is 568 g/mol. The minimum Gasteiger partial charge on any atom is -0.483 e. The molecule has 0 aliphatic rings. The molecule has 1 atom stereocenters. The van der Waals surface area contributed by atoms with Crippen LogP contribution < -0.4 is 10.1 Å². The number of amides is 2. The number of carbonyl (C=O) groups excluding carboxylic acids is 2. The first kappa shape index (κ1) is 28.4. The molecule has 0 radical (unpaired) electrons. The van der Waals surface area contributed by atoms with E-state index in [9.17, 15) is 14.0 Å². The number of benzene rings is 3. The molecule has 3 rings (SSSR count). The zero-order valence-electron chi connectivity index (χ0n) is 21.5. The molecule has 0 saturated heterocycles. The van der Waals surface area contributed by atoms with E-state index in [0.29, 0.717) is 24.3 Å². The Hall–Kier alpha value is -3.19. The molecule has 37 heavy (non-hydrogen) atoms. The standard InChI is InChI=1S/C30H34BrFN2O3/c1-4-22-14-15-28(25(31)16-22)37-20-29(35)34(19-24-12-8-9-13-26(24)32)27(30(36)33-18-21(2)3)17-23-10-6-5-7-11-23/h5-16,21,27H,4,17-20H2,1-3H3,(H,33,36)/t27-/m0/s1. The second kappa shape index (κ2) is 13.9. The van der Waals surface area contributed by atoms with Crippen molar-refractivity contribution in [3.63, 3.8) is 0 Å². The van der Waals surface area contributed by atoms with Gasteiger partial charge in [-0.25, -0.2) is 4.39 Å². The van der Waals surface area contributed by atoms with Gasteiger partial charge in [0.15, 0.2) is 6.61 Å². The average molecular weight is 570 g/mol. The molecule has 0 saturated carbocycles. The largest absolute Gasteiger partial charge is 0.483 e. The topological polar surface area (TPSA) is 58.6 Å². The van der Waals surface area contributed by atoms with Crippen LogP contribution in [-0.2, 0) is 29.0 Å². The van der Waals surface area contributed by atoms with E-state index in [4.69, 9.17) is 4.74 Å². The van der Waals surface area contributed by atoms with E-state index in [2.05, 4.69) is 28.2 Å². The molecule has 196 valence electrons. The Bertz CT molecular complexity index is 1190. The van der Waals surface area contributed by atoms with Gasteiger partial charge in [0.25, 0.3) is 5.91 Å². The van der Waals surface area contributed by atoms with Crippen molar-refractivity contribution < 1.29 is 18.7 Å². The van der Waals surface area contributed by atoms with Gasteiger partial charge in [0.1, 0.15) is 17.6 Å². The van der Waals surface area contributed by atoms with Crippen molar-refractivity contribution in [1.29, 1.82) is 0 Å². The molecule has 5 nitrogen and oxygen atoms in total. The van der Waals surface area contributed by atoms with E-state index < -0.39 is 17.8 Å². The zero-order valence-corrected chi connectivity index (χ0v) is 23.1. The van der Waals surface area contributed by atoms with Crippen molar-refractivity contribution in [3.8, 4) is 5.75 Å². The number of hydrogen-bond acceptors (Lipinski definition) is 3. The number of ether oxygens (including phenoxy) is 1. The van der Waals surface area contributed by atoms with Gasteiger partial charge in [0.05, 0.1) is 4.47 Å². The van der Waals surface area contributed by atoms with Crippen LogP contribution in [0.3, 0.4) is 0 Å². The Balaban J connectivity index is 1.91. The first-order chi connectivity index (χ1) is 17.8. The summed E-state index contributed by atoms with van der Waals surface area (Å²) in [6.45, 7) is 6.19. The lowest BCUT2D eigenvalue weighted by Crippen LogP contribution is -2.52. The maximum absolute atomic E-state index is 14.7. The van der Waals surface area contributed by atoms with Gasteiger partial charge >= 0.3 is 0 Å². The summed E-state index contributed by atoms with van der Waals surface area (Å²) in [5.41, 5.74) is 2.37. The van der Waals surface area contributed by atoms with Crippen molar-refractivity contribution in [2.75, 3.05) is 13.2 Å². The molecule has 1 N–H and O–H groups in total. The van der Waals surface area contributed by atoms with Crippen molar-refractivity contribution in [2.45, 2.75) is 46.2 Å². The van der Waals surface area contributed by atoms with Crippen LogP contribution in [0.4, 0.5) is 4.39 Å². The fourth-order valence-electron chi connectivity index (χ4n) is 3.89. The Labute approximate surface area is 227 Å². The van der Waals surface area contributed by atoms with Gasteiger partial charge in [-0.3, -0.25) is 9.59 Å². The molecule has 0 aliphatic heterocycles. The van der Waals surface area contributed by atoms with E-state index in [-0.39, 0.29) is 25.0 Å². The lowest BCUT2D eigenvalue weighted by molar-refractivity contribution is -0.142. The molecule has 0 spiro atoms. The van der Waals surface area contributed by atoms with E-state index >= 15 is 0 Å². The summed E-state index contributed by atoms with van der Waals surface area (Å²) in [6.07, 6.45) is 1.17. The third kappa shape index (κ3) is 8.42. The van der Waals surface area contributed by atoms with E-state index in [1.807, 2.05) is 62.4 Å². The number of hydrogen-bond donors (Lipinski definition) is 1. The van der Waals surface area contributed by atoms with Crippen LogP contribution in [0.5, 0.6) is 5.75 Å². The number of aryl methyl sites for hydroxylation is 1. The summed E-state index contributed by atoms with van der Waals surface area (Å²) in [7, 11) is 0. The molecule has 0 aliphatic carbocycles. The number of nitrogens with one attached hydrogen (secondary N) is 1. The van der Waals surface area contributed by atoms with Gasteiger partial charge in [0, 0.05) is 25.1 Å². The van der Waals surface area contributed by atoms with Gasteiger partial charge in [0.2, 0.25) is 5.91 Å². The van der Waals surface area contributed by atoms with Crippen molar-refractivity contribution >= 4 is 27.7 Å². The molecular formula is C30H34BrFN2O3. The Morgan fingerprint density at radius 2 is 1.70 bits per heavy atom. The molecule has 2 amide bonds. The maximum atomic E-state index is 14.7. The Morgan fingerprint density at radius 1 is 1.00 bits per heavy atom. The molecule has 3 aromatic carbocycles. The van der Waals surface area contributed by atoms with Gasteiger partial charge in [-0.2, -0.15) is 0 Å². The lowest BCUT2D eigenvalue weighted by Gasteiger charge is -2.32. The minimum absolute atomic E-state index is 0.0581. The first-order valence-electron chi connectivity index (χ1n) is 12.5. The lowest BCUT2D eigenvalue weighted by atomic mass is 10.0. The summed E-state index contributed by atoms with van der Waals surface area (Å²) < 4.78 is 21.3. The number of nitrogens with zero attached hydrogens (tertiary/aromatic N) is 1. The molecule has 3 aromatic rings. The van der Waals surface area contributed by atoms with E-state index in [0.717, 1.165) is 22.0 Å². The number of carbonyl (C=O) groups is 2. The average Bonchev–Trinajstić information content (AvgIpc) is 2.89. The fraction of sp³-hybridized carbons (Fsp3) is 0.333. The zero-order chi connectivity index (χ0) is 26.8. The second-order valence-electron chi connectivity index (χ2n) is 9.36.